The lowest BCUT2D eigenvalue weighted by Crippen LogP contribution is -2.09. The maximum Gasteiger partial charge on any atom is 0.0130 e. The first-order valence-corrected chi connectivity index (χ1v) is 9.90. The van der Waals surface area contributed by atoms with Gasteiger partial charge in [0.2, 0.25) is 0 Å². The summed E-state index contributed by atoms with van der Waals surface area (Å²) in [6, 6.07) is 8.67. The van der Waals surface area contributed by atoms with Gasteiger partial charge in [0.1, 0.15) is 0 Å². The van der Waals surface area contributed by atoms with E-state index in [0.29, 0.717) is 5.92 Å². The molecule has 0 bridgehead atoms. The molecule has 0 heterocycles. The minimum Gasteiger partial charge on any atom is -0.0801 e. The third-order valence-electron chi connectivity index (χ3n) is 5.09. The maximum atomic E-state index is 2.39. The highest BCUT2D eigenvalue weighted by Gasteiger charge is 2.19. The molecule has 0 nitrogen and oxygen atoms in total. The molecule has 1 heteroatoms. The van der Waals surface area contributed by atoms with E-state index >= 15 is 0 Å². The normalized spacial score (nSPS) is 23.6. The lowest BCUT2D eigenvalue weighted by atomic mass is 9.81. The quantitative estimate of drug-likeness (QED) is 0.443. The Hall–Kier alpha value is -1.87. The third kappa shape index (κ3) is 3.57. The standard InChI is InChI=1S/C24H21I/c1-2-18(13-17-7-8-19-5-3-4-6-20(19)14-17)21-9-10-23-16-24(25)12-11-22(23)15-21/h2-13,16,22H,14-15H2,1H3/b17-13-,18-2+. The minimum absolute atomic E-state index is 0.523. The van der Waals surface area contributed by atoms with Gasteiger partial charge in [0, 0.05) is 9.50 Å². The van der Waals surface area contributed by atoms with E-state index in [1.807, 2.05) is 0 Å². The molecule has 3 aliphatic carbocycles. The van der Waals surface area contributed by atoms with Crippen LogP contribution in [0.1, 0.15) is 24.5 Å². The van der Waals surface area contributed by atoms with Crippen LogP contribution in [0, 0.1) is 5.92 Å². The van der Waals surface area contributed by atoms with Gasteiger partial charge in [0.25, 0.3) is 0 Å². The fourth-order valence-corrected chi connectivity index (χ4v) is 4.27. The second-order valence-corrected chi connectivity index (χ2v) is 7.98. The van der Waals surface area contributed by atoms with Crippen LogP contribution in [-0.4, -0.2) is 0 Å². The minimum atomic E-state index is 0.523. The molecule has 0 saturated heterocycles. The van der Waals surface area contributed by atoms with Crippen LogP contribution in [0.2, 0.25) is 0 Å². The number of halogens is 1. The van der Waals surface area contributed by atoms with Gasteiger partial charge in [-0.2, -0.15) is 0 Å². The van der Waals surface area contributed by atoms with Gasteiger partial charge in [-0.25, -0.2) is 0 Å². The Balaban J connectivity index is 1.60. The summed E-state index contributed by atoms with van der Waals surface area (Å²) in [4.78, 5) is 0. The molecule has 1 atom stereocenters. The topological polar surface area (TPSA) is 0 Å². The Morgan fingerprint density at radius 2 is 2.00 bits per heavy atom. The van der Waals surface area contributed by atoms with Gasteiger partial charge in [-0.1, -0.05) is 72.9 Å². The SMILES string of the molecule is C/C=C(\C=C1\C=Cc2ccccc2C1)C1=CC=C2C=C(I)C=CC2C1. The van der Waals surface area contributed by atoms with Crippen LogP contribution in [0.15, 0.2) is 98.7 Å². The Morgan fingerprint density at radius 1 is 1.12 bits per heavy atom. The van der Waals surface area contributed by atoms with Crippen molar-refractivity contribution in [2.75, 3.05) is 0 Å². The van der Waals surface area contributed by atoms with Crippen LogP contribution >= 0.6 is 22.6 Å². The molecule has 124 valence electrons. The Labute approximate surface area is 163 Å². The molecule has 0 amide bonds. The van der Waals surface area contributed by atoms with Gasteiger partial charge in [0.05, 0.1) is 0 Å². The largest absolute Gasteiger partial charge is 0.0801 e. The van der Waals surface area contributed by atoms with E-state index in [4.69, 9.17) is 0 Å². The van der Waals surface area contributed by atoms with Gasteiger partial charge >= 0.3 is 0 Å². The molecule has 25 heavy (non-hydrogen) atoms. The summed E-state index contributed by atoms with van der Waals surface area (Å²) < 4.78 is 1.32. The number of allylic oxidation sites excluding steroid dienone is 13. The Morgan fingerprint density at radius 3 is 2.88 bits per heavy atom. The summed E-state index contributed by atoms with van der Waals surface area (Å²) in [5, 5.41) is 0. The number of benzene rings is 1. The van der Waals surface area contributed by atoms with Crippen molar-refractivity contribution < 1.29 is 0 Å². The van der Waals surface area contributed by atoms with Crippen molar-refractivity contribution in [1.82, 2.24) is 0 Å². The average Bonchev–Trinajstić information content (AvgIpc) is 2.65. The van der Waals surface area contributed by atoms with Gasteiger partial charge in [-0.05, 0) is 81.9 Å². The monoisotopic (exact) mass is 436 g/mol. The molecule has 1 aromatic carbocycles. The highest BCUT2D eigenvalue weighted by molar-refractivity contribution is 14.1. The predicted octanol–water partition coefficient (Wildman–Crippen LogP) is 6.89. The molecule has 4 rings (SSSR count). The van der Waals surface area contributed by atoms with E-state index in [9.17, 15) is 0 Å². The molecule has 0 aliphatic heterocycles. The third-order valence-corrected chi connectivity index (χ3v) is 5.76. The highest BCUT2D eigenvalue weighted by atomic mass is 127. The maximum absolute atomic E-state index is 2.39. The van der Waals surface area contributed by atoms with Crippen molar-refractivity contribution in [3.05, 3.63) is 110 Å². The van der Waals surface area contributed by atoms with E-state index in [-0.39, 0.29) is 0 Å². The zero-order chi connectivity index (χ0) is 17.2. The number of rotatable bonds is 2. The van der Waals surface area contributed by atoms with E-state index in [2.05, 4.69) is 108 Å². The lowest BCUT2D eigenvalue weighted by molar-refractivity contribution is 0.753. The Kier molecular flexibility index (Phi) is 4.76. The molecule has 0 N–H and O–H groups in total. The molecule has 0 fully saturated rings. The van der Waals surface area contributed by atoms with Gasteiger partial charge in [-0.15, -0.1) is 0 Å². The molecular weight excluding hydrogens is 415 g/mol. The van der Waals surface area contributed by atoms with Crippen molar-refractivity contribution in [2.24, 2.45) is 5.92 Å². The number of hydrogen-bond donors (Lipinski definition) is 0. The predicted molar refractivity (Wildman–Crippen MR) is 117 cm³/mol. The second-order valence-electron chi connectivity index (χ2n) is 6.73. The molecule has 0 saturated carbocycles. The number of fused-ring (bicyclic) bond motifs is 2. The molecule has 0 spiro atoms. The summed E-state index contributed by atoms with van der Waals surface area (Å²) in [5.74, 6) is 0.523. The fraction of sp³-hybridized carbons (Fsp3) is 0.167. The Bertz CT molecular complexity index is 913. The molecule has 1 unspecified atom stereocenters. The van der Waals surface area contributed by atoms with Crippen LogP contribution in [0.25, 0.3) is 6.08 Å². The van der Waals surface area contributed by atoms with Crippen molar-refractivity contribution in [3.63, 3.8) is 0 Å². The van der Waals surface area contributed by atoms with E-state index in [1.54, 1.807) is 0 Å². The van der Waals surface area contributed by atoms with Crippen molar-refractivity contribution in [2.45, 2.75) is 19.8 Å². The summed E-state index contributed by atoms with van der Waals surface area (Å²) in [5.41, 5.74) is 8.38. The molecular formula is C24H21I. The van der Waals surface area contributed by atoms with Crippen molar-refractivity contribution in [3.8, 4) is 0 Å². The van der Waals surface area contributed by atoms with Gasteiger partial charge in [0.15, 0.2) is 0 Å². The molecule has 0 aromatic heterocycles. The van der Waals surface area contributed by atoms with Crippen LogP contribution in [0.3, 0.4) is 0 Å². The van der Waals surface area contributed by atoms with Crippen molar-refractivity contribution >= 4 is 28.7 Å². The van der Waals surface area contributed by atoms with Crippen LogP contribution in [0.5, 0.6) is 0 Å². The zero-order valence-electron chi connectivity index (χ0n) is 14.4. The molecule has 0 radical (unpaired) electrons. The summed E-state index contributed by atoms with van der Waals surface area (Å²) in [6.07, 6.45) is 22.7. The van der Waals surface area contributed by atoms with Crippen molar-refractivity contribution in [1.29, 1.82) is 0 Å². The van der Waals surface area contributed by atoms with E-state index in [1.165, 1.54) is 37.0 Å². The summed E-state index contributed by atoms with van der Waals surface area (Å²) >= 11 is 2.39. The highest BCUT2D eigenvalue weighted by Crippen LogP contribution is 2.36. The number of hydrogen-bond acceptors (Lipinski definition) is 0. The average molecular weight is 436 g/mol. The first kappa shape index (κ1) is 16.6. The van der Waals surface area contributed by atoms with Crippen LogP contribution in [-0.2, 0) is 6.42 Å². The lowest BCUT2D eigenvalue weighted by Gasteiger charge is -2.24. The van der Waals surface area contributed by atoms with Crippen LogP contribution < -0.4 is 0 Å². The smallest absolute Gasteiger partial charge is 0.0130 e. The van der Waals surface area contributed by atoms with E-state index in [0.717, 1.165) is 12.8 Å². The summed E-state index contributed by atoms with van der Waals surface area (Å²) in [6.45, 7) is 2.15. The molecule has 1 aromatic rings. The first-order valence-electron chi connectivity index (χ1n) is 8.82. The van der Waals surface area contributed by atoms with Gasteiger partial charge in [-0.3, -0.25) is 0 Å². The van der Waals surface area contributed by atoms with Gasteiger partial charge < -0.3 is 0 Å². The van der Waals surface area contributed by atoms with Crippen LogP contribution in [0.4, 0.5) is 0 Å². The zero-order valence-corrected chi connectivity index (χ0v) is 16.5. The summed E-state index contributed by atoms with van der Waals surface area (Å²) in [7, 11) is 0. The van der Waals surface area contributed by atoms with E-state index < -0.39 is 0 Å². The molecule has 3 aliphatic rings. The second kappa shape index (κ2) is 7.17. The first-order chi connectivity index (χ1) is 12.2. The fourth-order valence-electron chi connectivity index (χ4n) is 3.70.